The van der Waals surface area contributed by atoms with Crippen LogP contribution in [0.3, 0.4) is 0 Å². The van der Waals surface area contributed by atoms with Crippen molar-refractivity contribution < 1.29 is 4.74 Å². The van der Waals surface area contributed by atoms with Gasteiger partial charge in [-0.05, 0) is 56.8 Å². The third-order valence-corrected chi connectivity index (χ3v) is 3.71. The molecule has 0 fully saturated rings. The van der Waals surface area contributed by atoms with Crippen molar-refractivity contribution in [1.29, 1.82) is 0 Å². The van der Waals surface area contributed by atoms with Gasteiger partial charge in [0, 0.05) is 4.88 Å². The summed E-state index contributed by atoms with van der Waals surface area (Å²) in [7, 11) is 0. The van der Waals surface area contributed by atoms with Gasteiger partial charge in [-0.3, -0.25) is 0 Å². The molecule has 2 rings (SSSR count). The largest absolute Gasteiger partial charge is 0.470 e. The molecular weight excluding hydrogens is 270 g/mol. The number of nitrogen functional groups attached to an aromatic ring is 1. The molecular formula is C15H21N3OS. The summed E-state index contributed by atoms with van der Waals surface area (Å²) in [5.74, 6) is 1.25. The molecule has 0 atom stereocenters. The zero-order valence-corrected chi connectivity index (χ0v) is 13.2. The highest BCUT2D eigenvalue weighted by molar-refractivity contribution is 7.10. The van der Waals surface area contributed by atoms with E-state index >= 15 is 0 Å². The molecule has 20 heavy (non-hydrogen) atoms. The summed E-state index contributed by atoms with van der Waals surface area (Å²) >= 11 is 1.74. The zero-order chi connectivity index (χ0) is 14.8. The third-order valence-electron chi connectivity index (χ3n) is 2.69. The van der Waals surface area contributed by atoms with Gasteiger partial charge >= 0.3 is 0 Å². The van der Waals surface area contributed by atoms with E-state index in [-0.39, 0.29) is 5.60 Å². The Balaban J connectivity index is 2.09. The first kappa shape index (κ1) is 14.7. The van der Waals surface area contributed by atoms with Gasteiger partial charge in [0.15, 0.2) is 0 Å². The van der Waals surface area contributed by atoms with Crippen molar-refractivity contribution in [3.05, 3.63) is 34.0 Å². The van der Waals surface area contributed by atoms with Gasteiger partial charge in [0.25, 0.3) is 0 Å². The van der Waals surface area contributed by atoms with Gasteiger partial charge in [-0.25, -0.2) is 0 Å². The van der Waals surface area contributed by atoms with Crippen molar-refractivity contribution in [2.45, 2.75) is 39.8 Å². The van der Waals surface area contributed by atoms with E-state index in [9.17, 15) is 0 Å². The number of nitrogens with two attached hydrogens (primary N) is 1. The number of anilines is 2. The highest BCUT2D eigenvalue weighted by Gasteiger charge is 2.15. The summed E-state index contributed by atoms with van der Waals surface area (Å²) in [6.07, 6.45) is 0. The first-order valence-corrected chi connectivity index (χ1v) is 7.45. The minimum absolute atomic E-state index is 0.315. The average molecular weight is 291 g/mol. The number of aromatic nitrogens is 1. The lowest BCUT2D eigenvalue weighted by atomic mass is 10.2. The molecule has 0 unspecified atom stereocenters. The predicted octanol–water partition coefficient (Wildman–Crippen LogP) is 3.82. The topological polar surface area (TPSA) is 60.2 Å². The highest BCUT2D eigenvalue weighted by Crippen LogP contribution is 2.25. The van der Waals surface area contributed by atoms with Crippen molar-refractivity contribution in [2.24, 2.45) is 0 Å². The van der Waals surface area contributed by atoms with Crippen LogP contribution in [0.4, 0.5) is 11.5 Å². The molecule has 2 aromatic heterocycles. The van der Waals surface area contributed by atoms with Crippen LogP contribution < -0.4 is 15.8 Å². The van der Waals surface area contributed by atoms with E-state index in [0.29, 0.717) is 11.6 Å². The second-order valence-electron chi connectivity index (χ2n) is 5.69. The fourth-order valence-electron chi connectivity index (χ4n) is 1.68. The Morgan fingerprint density at radius 2 is 2.05 bits per heavy atom. The Labute approximate surface area is 124 Å². The Morgan fingerprint density at radius 3 is 2.65 bits per heavy atom. The number of nitrogens with zero attached hydrogens (tertiary/aromatic N) is 1. The number of pyridine rings is 1. The van der Waals surface area contributed by atoms with E-state index < -0.39 is 0 Å². The lowest BCUT2D eigenvalue weighted by Gasteiger charge is -2.21. The Bertz CT molecular complexity index is 587. The summed E-state index contributed by atoms with van der Waals surface area (Å²) < 4.78 is 5.76. The second kappa shape index (κ2) is 5.71. The van der Waals surface area contributed by atoms with Crippen LogP contribution in [0.15, 0.2) is 23.6 Å². The van der Waals surface area contributed by atoms with Gasteiger partial charge in [0.1, 0.15) is 11.4 Å². The molecule has 2 heterocycles. The standard InChI is InChI=1S/C15H21N3OS/c1-10-7-8-20-12(10)9-17-13-6-5-11(16)14(18-13)19-15(2,3)4/h5-8H,9,16H2,1-4H3,(H,17,18). The summed E-state index contributed by atoms with van der Waals surface area (Å²) in [6.45, 7) is 8.79. The van der Waals surface area contributed by atoms with Crippen LogP contribution in [0.2, 0.25) is 0 Å². The molecule has 0 radical (unpaired) electrons. The molecule has 0 aliphatic rings. The summed E-state index contributed by atoms with van der Waals surface area (Å²) in [5.41, 5.74) is 7.43. The molecule has 0 saturated carbocycles. The summed E-state index contributed by atoms with van der Waals surface area (Å²) in [6, 6.07) is 5.80. The van der Waals surface area contributed by atoms with Crippen LogP contribution in [0.5, 0.6) is 5.88 Å². The SMILES string of the molecule is Cc1ccsc1CNc1ccc(N)c(OC(C)(C)C)n1. The molecule has 108 valence electrons. The molecule has 3 N–H and O–H groups in total. The monoisotopic (exact) mass is 291 g/mol. The van der Waals surface area contributed by atoms with Gasteiger partial charge in [-0.2, -0.15) is 4.98 Å². The van der Waals surface area contributed by atoms with E-state index in [0.717, 1.165) is 12.4 Å². The highest BCUT2D eigenvalue weighted by atomic mass is 32.1. The number of nitrogens with one attached hydrogen (secondary N) is 1. The van der Waals surface area contributed by atoms with Gasteiger partial charge in [0.2, 0.25) is 5.88 Å². The van der Waals surface area contributed by atoms with Crippen LogP contribution in [0.25, 0.3) is 0 Å². The third kappa shape index (κ3) is 3.87. The van der Waals surface area contributed by atoms with Crippen molar-refractivity contribution in [1.82, 2.24) is 4.98 Å². The number of hydrogen-bond acceptors (Lipinski definition) is 5. The minimum atomic E-state index is -0.315. The van der Waals surface area contributed by atoms with Crippen LogP contribution >= 0.6 is 11.3 Å². The number of hydrogen-bond donors (Lipinski definition) is 2. The fraction of sp³-hybridized carbons (Fsp3) is 0.400. The van der Waals surface area contributed by atoms with Gasteiger partial charge in [0.05, 0.1) is 12.2 Å². The van der Waals surface area contributed by atoms with Crippen LogP contribution in [0, 0.1) is 6.92 Å². The van der Waals surface area contributed by atoms with E-state index in [1.807, 2.05) is 32.9 Å². The molecule has 0 spiro atoms. The molecule has 0 aliphatic carbocycles. The van der Waals surface area contributed by atoms with E-state index in [1.165, 1.54) is 10.4 Å². The Hall–Kier alpha value is -1.75. The van der Waals surface area contributed by atoms with Crippen molar-refractivity contribution in [3.8, 4) is 5.88 Å². The first-order valence-electron chi connectivity index (χ1n) is 6.57. The van der Waals surface area contributed by atoms with E-state index in [1.54, 1.807) is 11.3 Å². The Kier molecular flexibility index (Phi) is 4.18. The maximum atomic E-state index is 5.90. The van der Waals surface area contributed by atoms with Gasteiger partial charge in [-0.1, -0.05) is 0 Å². The molecule has 5 heteroatoms. The molecule has 0 saturated heterocycles. The smallest absolute Gasteiger partial charge is 0.239 e. The lowest BCUT2D eigenvalue weighted by Crippen LogP contribution is -2.24. The van der Waals surface area contributed by atoms with Crippen LogP contribution in [0.1, 0.15) is 31.2 Å². The minimum Gasteiger partial charge on any atom is -0.470 e. The zero-order valence-electron chi connectivity index (χ0n) is 12.4. The summed E-state index contributed by atoms with van der Waals surface area (Å²) in [4.78, 5) is 5.74. The van der Waals surface area contributed by atoms with Gasteiger partial charge < -0.3 is 15.8 Å². The van der Waals surface area contributed by atoms with Crippen molar-refractivity contribution in [2.75, 3.05) is 11.1 Å². The maximum absolute atomic E-state index is 5.90. The Morgan fingerprint density at radius 1 is 1.30 bits per heavy atom. The van der Waals surface area contributed by atoms with Crippen LogP contribution in [-0.2, 0) is 6.54 Å². The second-order valence-corrected chi connectivity index (χ2v) is 6.69. The number of aryl methyl sites for hydroxylation is 1. The number of thiophene rings is 1. The predicted molar refractivity (Wildman–Crippen MR) is 85.4 cm³/mol. The molecule has 0 aromatic carbocycles. The van der Waals surface area contributed by atoms with Crippen LogP contribution in [-0.4, -0.2) is 10.6 Å². The molecule has 0 bridgehead atoms. The van der Waals surface area contributed by atoms with Gasteiger partial charge in [-0.15, -0.1) is 11.3 Å². The number of ether oxygens (including phenoxy) is 1. The van der Waals surface area contributed by atoms with Crippen molar-refractivity contribution >= 4 is 22.8 Å². The maximum Gasteiger partial charge on any atom is 0.239 e. The molecule has 0 aliphatic heterocycles. The quantitative estimate of drug-likeness (QED) is 0.899. The molecule has 4 nitrogen and oxygen atoms in total. The van der Waals surface area contributed by atoms with E-state index in [2.05, 4.69) is 28.7 Å². The average Bonchev–Trinajstić information content (AvgIpc) is 2.74. The number of rotatable bonds is 4. The first-order chi connectivity index (χ1) is 9.35. The molecule has 0 amide bonds. The van der Waals surface area contributed by atoms with Crippen molar-refractivity contribution in [3.63, 3.8) is 0 Å². The normalized spacial score (nSPS) is 11.4. The lowest BCUT2D eigenvalue weighted by molar-refractivity contribution is 0.125. The van der Waals surface area contributed by atoms with E-state index in [4.69, 9.17) is 10.5 Å². The molecule has 2 aromatic rings. The summed E-state index contributed by atoms with van der Waals surface area (Å²) in [5, 5.41) is 5.40. The fourth-order valence-corrected chi connectivity index (χ4v) is 2.52.